The van der Waals surface area contributed by atoms with Crippen LogP contribution in [0.3, 0.4) is 0 Å². The summed E-state index contributed by atoms with van der Waals surface area (Å²) in [6.07, 6.45) is 4.10. The van der Waals surface area contributed by atoms with Gasteiger partial charge in [0.2, 0.25) is 0 Å². The summed E-state index contributed by atoms with van der Waals surface area (Å²) in [7, 11) is 0. The van der Waals surface area contributed by atoms with Gasteiger partial charge in [0.25, 0.3) is 0 Å². The second kappa shape index (κ2) is 4.33. The fourth-order valence-corrected chi connectivity index (χ4v) is 1.50. The van der Waals surface area contributed by atoms with Crippen LogP contribution in [0, 0.1) is 17.8 Å². The van der Waals surface area contributed by atoms with Gasteiger partial charge in [0.15, 0.2) is 0 Å². The molecule has 1 aliphatic rings. The predicted octanol–water partition coefficient (Wildman–Crippen LogP) is 2.12. The van der Waals surface area contributed by atoms with Gasteiger partial charge in [0.05, 0.1) is 6.10 Å². The standard InChI is InChI=1S/C11H16O/c1-9(2)7-8-10-5-3-4-6-11(10)12/h10-12H,1,3-6H2,2H3/t10-,11-/m1/s1. The monoisotopic (exact) mass is 164 g/mol. The van der Waals surface area contributed by atoms with E-state index in [1.807, 2.05) is 6.92 Å². The Morgan fingerprint density at radius 1 is 1.42 bits per heavy atom. The van der Waals surface area contributed by atoms with Crippen LogP contribution in [-0.2, 0) is 0 Å². The minimum atomic E-state index is -0.203. The molecule has 66 valence electrons. The quantitative estimate of drug-likeness (QED) is 0.544. The van der Waals surface area contributed by atoms with Gasteiger partial charge in [-0.15, -0.1) is 0 Å². The molecule has 1 rings (SSSR count). The highest BCUT2D eigenvalue weighted by Gasteiger charge is 2.20. The van der Waals surface area contributed by atoms with E-state index in [0.717, 1.165) is 24.8 Å². The van der Waals surface area contributed by atoms with Crippen LogP contribution < -0.4 is 0 Å². The number of aliphatic hydroxyl groups is 1. The maximum atomic E-state index is 9.55. The van der Waals surface area contributed by atoms with Crippen LogP contribution in [0.4, 0.5) is 0 Å². The third-order valence-corrected chi connectivity index (χ3v) is 2.20. The molecule has 0 unspecified atom stereocenters. The van der Waals surface area contributed by atoms with Crippen molar-refractivity contribution >= 4 is 0 Å². The highest BCUT2D eigenvalue weighted by molar-refractivity contribution is 5.24. The second-order valence-corrected chi connectivity index (χ2v) is 3.51. The number of hydrogen-bond acceptors (Lipinski definition) is 1. The third-order valence-electron chi connectivity index (χ3n) is 2.20. The Balaban J connectivity index is 2.51. The molecule has 1 heteroatoms. The zero-order chi connectivity index (χ0) is 8.97. The highest BCUT2D eigenvalue weighted by Crippen LogP contribution is 2.23. The Morgan fingerprint density at radius 2 is 2.08 bits per heavy atom. The molecule has 0 heterocycles. The summed E-state index contributed by atoms with van der Waals surface area (Å²) in [4.78, 5) is 0. The molecular formula is C11H16O. The van der Waals surface area contributed by atoms with Gasteiger partial charge < -0.3 is 5.11 Å². The van der Waals surface area contributed by atoms with Crippen molar-refractivity contribution in [3.63, 3.8) is 0 Å². The second-order valence-electron chi connectivity index (χ2n) is 3.51. The predicted molar refractivity (Wildman–Crippen MR) is 50.6 cm³/mol. The summed E-state index contributed by atoms with van der Waals surface area (Å²) in [5, 5.41) is 9.55. The first-order chi connectivity index (χ1) is 5.70. The smallest absolute Gasteiger partial charge is 0.0677 e. The van der Waals surface area contributed by atoms with E-state index in [0.29, 0.717) is 0 Å². The number of aliphatic hydroxyl groups excluding tert-OH is 1. The first-order valence-electron chi connectivity index (χ1n) is 4.55. The van der Waals surface area contributed by atoms with Crippen LogP contribution in [0.15, 0.2) is 12.2 Å². The van der Waals surface area contributed by atoms with Gasteiger partial charge in [-0.2, -0.15) is 0 Å². The Bertz CT molecular complexity index is 219. The number of hydrogen-bond donors (Lipinski definition) is 1. The van der Waals surface area contributed by atoms with Crippen molar-refractivity contribution in [3.8, 4) is 11.8 Å². The third kappa shape index (κ3) is 2.71. The van der Waals surface area contributed by atoms with Crippen LogP contribution in [0.2, 0.25) is 0 Å². The van der Waals surface area contributed by atoms with Gasteiger partial charge in [-0.1, -0.05) is 31.3 Å². The van der Waals surface area contributed by atoms with E-state index in [2.05, 4.69) is 18.4 Å². The molecule has 0 spiro atoms. The summed E-state index contributed by atoms with van der Waals surface area (Å²) in [5.74, 6) is 6.20. The molecule has 12 heavy (non-hydrogen) atoms. The molecule has 2 atom stereocenters. The molecule has 0 amide bonds. The first kappa shape index (κ1) is 9.35. The zero-order valence-electron chi connectivity index (χ0n) is 7.64. The molecule has 0 aromatic heterocycles. The van der Waals surface area contributed by atoms with Crippen LogP contribution in [0.1, 0.15) is 32.6 Å². The average Bonchev–Trinajstić information content (AvgIpc) is 2.03. The van der Waals surface area contributed by atoms with Crippen molar-refractivity contribution in [2.45, 2.75) is 38.7 Å². The molecule has 1 N–H and O–H groups in total. The SMILES string of the molecule is C=C(C)C#C[C@H]1CCCC[C@H]1O. The molecule has 0 aromatic carbocycles. The lowest BCUT2D eigenvalue weighted by Crippen LogP contribution is -2.22. The first-order valence-corrected chi connectivity index (χ1v) is 4.55. The van der Waals surface area contributed by atoms with Crippen molar-refractivity contribution in [3.05, 3.63) is 12.2 Å². The van der Waals surface area contributed by atoms with Gasteiger partial charge in [-0.3, -0.25) is 0 Å². The van der Waals surface area contributed by atoms with Gasteiger partial charge >= 0.3 is 0 Å². The molecule has 1 saturated carbocycles. The highest BCUT2D eigenvalue weighted by atomic mass is 16.3. The van der Waals surface area contributed by atoms with E-state index in [-0.39, 0.29) is 12.0 Å². The van der Waals surface area contributed by atoms with Crippen molar-refractivity contribution in [2.75, 3.05) is 0 Å². The summed E-state index contributed by atoms with van der Waals surface area (Å²) in [5.41, 5.74) is 0.882. The number of rotatable bonds is 0. The largest absolute Gasteiger partial charge is 0.392 e. The average molecular weight is 164 g/mol. The molecule has 1 nitrogen and oxygen atoms in total. The Kier molecular flexibility index (Phi) is 3.37. The Labute approximate surface area is 74.5 Å². The fraction of sp³-hybridized carbons (Fsp3) is 0.636. The fourth-order valence-electron chi connectivity index (χ4n) is 1.50. The van der Waals surface area contributed by atoms with Crippen molar-refractivity contribution < 1.29 is 5.11 Å². The van der Waals surface area contributed by atoms with Crippen LogP contribution >= 0.6 is 0 Å². The molecule has 0 aliphatic heterocycles. The van der Waals surface area contributed by atoms with Crippen molar-refractivity contribution in [1.29, 1.82) is 0 Å². The topological polar surface area (TPSA) is 20.2 Å². The van der Waals surface area contributed by atoms with E-state index in [9.17, 15) is 5.11 Å². The van der Waals surface area contributed by atoms with Gasteiger partial charge in [-0.05, 0) is 25.3 Å². The molecule has 0 radical (unpaired) electrons. The zero-order valence-corrected chi connectivity index (χ0v) is 7.64. The summed E-state index contributed by atoms with van der Waals surface area (Å²) >= 11 is 0. The lowest BCUT2D eigenvalue weighted by atomic mass is 9.87. The molecule has 1 aliphatic carbocycles. The maximum Gasteiger partial charge on any atom is 0.0677 e. The van der Waals surface area contributed by atoms with Crippen LogP contribution in [0.25, 0.3) is 0 Å². The molecule has 0 aromatic rings. The van der Waals surface area contributed by atoms with Crippen LogP contribution in [-0.4, -0.2) is 11.2 Å². The van der Waals surface area contributed by atoms with Gasteiger partial charge in [-0.25, -0.2) is 0 Å². The van der Waals surface area contributed by atoms with E-state index >= 15 is 0 Å². The summed E-state index contributed by atoms with van der Waals surface area (Å²) in [6.45, 7) is 5.60. The summed E-state index contributed by atoms with van der Waals surface area (Å²) in [6, 6.07) is 0. The Morgan fingerprint density at radius 3 is 2.67 bits per heavy atom. The molecule has 0 saturated heterocycles. The van der Waals surface area contributed by atoms with Crippen LogP contribution in [0.5, 0.6) is 0 Å². The van der Waals surface area contributed by atoms with Crippen molar-refractivity contribution in [1.82, 2.24) is 0 Å². The minimum Gasteiger partial charge on any atom is -0.392 e. The van der Waals surface area contributed by atoms with E-state index in [1.54, 1.807) is 0 Å². The maximum absolute atomic E-state index is 9.55. The molecule has 0 bridgehead atoms. The normalized spacial score (nSPS) is 28.8. The van der Waals surface area contributed by atoms with E-state index < -0.39 is 0 Å². The minimum absolute atomic E-state index is 0.190. The van der Waals surface area contributed by atoms with Gasteiger partial charge in [0.1, 0.15) is 0 Å². The molecular weight excluding hydrogens is 148 g/mol. The Hall–Kier alpha value is -0.740. The summed E-state index contributed by atoms with van der Waals surface area (Å²) < 4.78 is 0. The lowest BCUT2D eigenvalue weighted by molar-refractivity contribution is 0.0970. The van der Waals surface area contributed by atoms with E-state index in [4.69, 9.17) is 0 Å². The van der Waals surface area contributed by atoms with Crippen molar-refractivity contribution in [2.24, 2.45) is 5.92 Å². The lowest BCUT2D eigenvalue weighted by Gasteiger charge is -2.22. The van der Waals surface area contributed by atoms with Gasteiger partial charge in [0, 0.05) is 5.92 Å². The molecule has 1 fully saturated rings. The number of allylic oxidation sites excluding steroid dienone is 1. The van der Waals surface area contributed by atoms with E-state index in [1.165, 1.54) is 6.42 Å².